The molecule has 1 fully saturated rings. The van der Waals surface area contributed by atoms with Crippen molar-refractivity contribution < 1.29 is 14.3 Å². The molecule has 1 atom stereocenters. The van der Waals surface area contributed by atoms with E-state index in [0.29, 0.717) is 13.0 Å². The molecule has 0 saturated carbocycles. The minimum Gasteiger partial charge on any atom is -0.494 e. The molecule has 5 nitrogen and oxygen atoms in total. The summed E-state index contributed by atoms with van der Waals surface area (Å²) in [4.78, 5) is 23.3. The number of urea groups is 1. The predicted octanol–water partition coefficient (Wildman–Crippen LogP) is 1.92. The van der Waals surface area contributed by atoms with E-state index in [1.54, 1.807) is 0 Å². The maximum Gasteiger partial charge on any atom is 0.322 e. The van der Waals surface area contributed by atoms with E-state index in [1.807, 2.05) is 38.1 Å². The first-order chi connectivity index (χ1) is 9.12. The SMILES string of the molecule is CCCOc1ccc([C@@]2(CC)NC(=O)NC2=O)cc1. The van der Waals surface area contributed by atoms with Gasteiger partial charge in [0.05, 0.1) is 6.61 Å². The van der Waals surface area contributed by atoms with Crippen LogP contribution in [0, 0.1) is 0 Å². The van der Waals surface area contributed by atoms with Crippen molar-refractivity contribution in [2.45, 2.75) is 32.2 Å². The summed E-state index contributed by atoms with van der Waals surface area (Å²) in [6.45, 7) is 4.57. The molecule has 1 saturated heterocycles. The Morgan fingerprint density at radius 3 is 2.32 bits per heavy atom. The first-order valence-corrected chi connectivity index (χ1v) is 6.49. The summed E-state index contributed by atoms with van der Waals surface area (Å²) in [6, 6.07) is 6.83. The molecule has 1 aromatic rings. The van der Waals surface area contributed by atoms with Crippen molar-refractivity contribution in [1.29, 1.82) is 0 Å². The fraction of sp³-hybridized carbons (Fsp3) is 0.429. The lowest BCUT2D eigenvalue weighted by Gasteiger charge is -2.25. The Hall–Kier alpha value is -2.04. The normalized spacial score (nSPS) is 22.0. The van der Waals surface area contributed by atoms with Gasteiger partial charge in [0.25, 0.3) is 5.91 Å². The molecule has 0 bridgehead atoms. The Morgan fingerprint density at radius 2 is 1.84 bits per heavy atom. The molecule has 1 heterocycles. The average molecular weight is 262 g/mol. The molecule has 102 valence electrons. The van der Waals surface area contributed by atoms with Crippen LogP contribution in [0.1, 0.15) is 32.3 Å². The number of hydrogen-bond donors (Lipinski definition) is 2. The smallest absolute Gasteiger partial charge is 0.322 e. The van der Waals surface area contributed by atoms with Crippen LogP contribution >= 0.6 is 0 Å². The van der Waals surface area contributed by atoms with Crippen molar-refractivity contribution >= 4 is 11.9 Å². The molecule has 1 aliphatic rings. The van der Waals surface area contributed by atoms with Crippen LogP contribution in [0.2, 0.25) is 0 Å². The predicted molar refractivity (Wildman–Crippen MR) is 70.9 cm³/mol. The molecule has 19 heavy (non-hydrogen) atoms. The molecule has 0 aliphatic carbocycles. The Balaban J connectivity index is 2.25. The number of ether oxygens (including phenoxy) is 1. The maximum absolute atomic E-state index is 12.0. The molecule has 0 unspecified atom stereocenters. The molecule has 1 aliphatic heterocycles. The fourth-order valence-electron chi connectivity index (χ4n) is 2.20. The van der Waals surface area contributed by atoms with Gasteiger partial charge in [-0.1, -0.05) is 26.0 Å². The number of amides is 3. The highest BCUT2D eigenvalue weighted by Gasteiger charge is 2.46. The van der Waals surface area contributed by atoms with E-state index in [4.69, 9.17) is 4.74 Å². The lowest BCUT2D eigenvalue weighted by atomic mass is 9.87. The van der Waals surface area contributed by atoms with Crippen molar-refractivity contribution in [3.63, 3.8) is 0 Å². The van der Waals surface area contributed by atoms with Crippen molar-refractivity contribution in [1.82, 2.24) is 10.6 Å². The summed E-state index contributed by atoms with van der Waals surface area (Å²) in [5.74, 6) is 0.462. The van der Waals surface area contributed by atoms with Crippen LogP contribution in [0.5, 0.6) is 5.75 Å². The Kier molecular flexibility index (Phi) is 3.74. The third-order valence-electron chi connectivity index (χ3n) is 3.29. The highest BCUT2D eigenvalue weighted by molar-refractivity contribution is 6.07. The molecule has 2 N–H and O–H groups in total. The summed E-state index contributed by atoms with van der Waals surface area (Å²) >= 11 is 0. The monoisotopic (exact) mass is 262 g/mol. The van der Waals surface area contributed by atoms with E-state index in [-0.39, 0.29) is 5.91 Å². The maximum atomic E-state index is 12.0. The molecule has 0 radical (unpaired) electrons. The Bertz CT molecular complexity index is 484. The Morgan fingerprint density at radius 1 is 1.16 bits per heavy atom. The van der Waals surface area contributed by atoms with Crippen LogP contribution in [0.4, 0.5) is 4.79 Å². The van der Waals surface area contributed by atoms with Gasteiger partial charge >= 0.3 is 6.03 Å². The van der Waals surface area contributed by atoms with Gasteiger partial charge in [-0.05, 0) is 30.5 Å². The molecule has 0 spiro atoms. The van der Waals surface area contributed by atoms with E-state index >= 15 is 0 Å². The van der Waals surface area contributed by atoms with Gasteiger partial charge < -0.3 is 10.1 Å². The highest BCUT2D eigenvalue weighted by Crippen LogP contribution is 2.29. The van der Waals surface area contributed by atoms with Gasteiger partial charge in [0, 0.05) is 0 Å². The van der Waals surface area contributed by atoms with E-state index in [1.165, 1.54) is 0 Å². The molecular weight excluding hydrogens is 244 g/mol. The lowest BCUT2D eigenvalue weighted by Crippen LogP contribution is -2.43. The number of carbonyl (C=O) groups is 2. The topological polar surface area (TPSA) is 67.4 Å². The Labute approximate surface area is 112 Å². The lowest BCUT2D eigenvalue weighted by molar-refractivity contribution is -0.124. The first-order valence-electron chi connectivity index (χ1n) is 6.49. The zero-order valence-electron chi connectivity index (χ0n) is 11.2. The zero-order chi connectivity index (χ0) is 13.9. The van der Waals surface area contributed by atoms with Crippen LogP contribution in [0.25, 0.3) is 0 Å². The van der Waals surface area contributed by atoms with Crippen LogP contribution in [0.15, 0.2) is 24.3 Å². The summed E-state index contributed by atoms with van der Waals surface area (Å²) in [5, 5.41) is 4.99. The van der Waals surface area contributed by atoms with Gasteiger partial charge in [-0.3, -0.25) is 10.1 Å². The fourth-order valence-corrected chi connectivity index (χ4v) is 2.20. The number of carbonyl (C=O) groups excluding carboxylic acids is 2. The molecule has 1 aromatic carbocycles. The third-order valence-corrected chi connectivity index (χ3v) is 3.29. The van der Waals surface area contributed by atoms with Crippen LogP contribution in [-0.2, 0) is 10.3 Å². The largest absolute Gasteiger partial charge is 0.494 e. The minimum atomic E-state index is -0.958. The van der Waals surface area contributed by atoms with Gasteiger partial charge in [0.2, 0.25) is 0 Å². The van der Waals surface area contributed by atoms with Crippen LogP contribution in [-0.4, -0.2) is 18.5 Å². The second-order valence-electron chi connectivity index (χ2n) is 4.54. The van der Waals surface area contributed by atoms with Gasteiger partial charge in [0.1, 0.15) is 11.3 Å². The number of hydrogen-bond acceptors (Lipinski definition) is 3. The van der Waals surface area contributed by atoms with Gasteiger partial charge in [0.15, 0.2) is 0 Å². The summed E-state index contributed by atoms with van der Waals surface area (Å²) in [7, 11) is 0. The second-order valence-corrected chi connectivity index (χ2v) is 4.54. The highest BCUT2D eigenvalue weighted by atomic mass is 16.5. The van der Waals surface area contributed by atoms with Crippen molar-refractivity contribution in [2.75, 3.05) is 6.61 Å². The number of rotatable bonds is 5. The van der Waals surface area contributed by atoms with Crippen molar-refractivity contribution in [3.8, 4) is 5.75 Å². The van der Waals surface area contributed by atoms with E-state index < -0.39 is 11.6 Å². The first kappa shape index (κ1) is 13.4. The minimum absolute atomic E-state index is 0.303. The van der Waals surface area contributed by atoms with Crippen LogP contribution < -0.4 is 15.4 Å². The second kappa shape index (κ2) is 5.30. The zero-order valence-corrected chi connectivity index (χ0v) is 11.2. The standard InChI is InChI=1S/C14H18N2O3/c1-3-9-19-11-7-5-10(6-8-11)14(4-2)12(17)15-13(18)16-14/h5-8H,3-4,9H2,1-2H3,(H2,15,16,17,18)/t14-/m1/s1. The van der Waals surface area contributed by atoms with Gasteiger partial charge in [-0.15, -0.1) is 0 Å². The van der Waals surface area contributed by atoms with Crippen LogP contribution in [0.3, 0.4) is 0 Å². The quantitative estimate of drug-likeness (QED) is 0.797. The van der Waals surface area contributed by atoms with Crippen molar-refractivity contribution in [3.05, 3.63) is 29.8 Å². The summed E-state index contributed by atoms with van der Waals surface area (Å²) in [6.07, 6.45) is 1.44. The number of nitrogens with one attached hydrogen (secondary N) is 2. The van der Waals surface area contributed by atoms with Gasteiger partial charge in [-0.25, -0.2) is 4.79 Å². The average Bonchev–Trinajstić information content (AvgIpc) is 2.72. The molecule has 5 heteroatoms. The summed E-state index contributed by atoms with van der Waals surface area (Å²) < 4.78 is 5.50. The third kappa shape index (κ3) is 2.41. The summed E-state index contributed by atoms with van der Waals surface area (Å²) in [5.41, 5.74) is -0.192. The van der Waals surface area contributed by atoms with E-state index in [2.05, 4.69) is 10.6 Å². The molecular formula is C14H18N2O3. The number of benzene rings is 1. The van der Waals surface area contributed by atoms with Crippen molar-refractivity contribution in [2.24, 2.45) is 0 Å². The van der Waals surface area contributed by atoms with Gasteiger partial charge in [-0.2, -0.15) is 0 Å². The van der Waals surface area contributed by atoms with E-state index in [9.17, 15) is 9.59 Å². The molecule has 3 amide bonds. The van der Waals surface area contributed by atoms with E-state index in [0.717, 1.165) is 17.7 Å². The molecule has 2 rings (SSSR count). The number of imide groups is 1. The molecule has 0 aromatic heterocycles.